The minimum atomic E-state index is -0.630. The highest BCUT2D eigenvalue weighted by molar-refractivity contribution is 6.30. The number of amides is 1. The van der Waals surface area contributed by atoms with E-state index in [1.54, 1.807) is 0 Å². The van der Waals surface area contributed by atoms with Gasteiger partial charge in [-0.1, -0.05) is 35.9 Å². The van der Waals surface area contributed by atoms with E-state index in [0.717, 1.165) is 11.1 Å². The molecule has 1 aromatic heterocycles. The topological polar surface area (TPSA) is 84.0 Å². The number of hydrogen-bond donors (Lipinski definition) is 1. The summed E-state index contributed by atoms with van der Waals surface area (Å²) in [7, 11) is 0. The number of nitrogens with zero attached hydrogens (tertiary/aromatic N) is 4. The standard InChI is InChI=1S/C20H22ClN5O2/c1-13(18-22-24-25-23-18)26(19(27)28-20(2,3)4)17-10-8-14(9-11-17)15-6-5-7-16(21)12-15/h5-13H,1-4H3,(H,22,23,24,25). The van der Waals surface area contributed by atoms with E-state index in [4.69, 9.17) is 16.3 Å². The maximum atomic E-state index is 12.9. The highest BCUT2D eigenvalue weighted by Gasteiger charge is 2.30. The predicted molar refractivity (Wildman–Crippen MR) is 108 cm³/mol. The Balaban J connectivity index is 1.94. The molecule has 3 rings (SSSR count). The van der Waals surface area contributed by atoms with Crippen molar-refractivity contribution in [3.63, 3.8) is 0 Å². The van der Waals surface area contributed by atoms with Crippen LogP contribution in [0.2, 0.25) is 5.02 Å². The Bertz CT molecular complexity index is 936. The molecule has 0 aliphatic heterocycles. The zero-order valence-electron chi connectivity index (χ0n) is 16.2. The molecule has 1 atom stereocenters. The van der Waals surface area contributed by atoms with Crippen LogP contribution in [-0.4, -0.2) is 32.3 Å². The van der Waals surface area contributed by atoms with Crippen molar-refractivity contribution >= 4 is 23.4 Å². The molecule has 1 N–H and O–H groups in total. The second kappa shape index (κ2) is 7.98. The molecule has 0 bridgehead atoms. The molecule has 28 heavy (non-hydrogen) atoms. The Kier molecular flexibility index (Phi) is 5.65. The fourth-order valence-corrected chi connectivity index (χ4v) is 2.94. The first-order valence-electron chi connectivity index (χ1n) is 8.86. The van der Waals surface area contributed by atoms with Crippen molar-refractivity contribution in [2.24, 2.45) is 0 Å². The van der Waals surface area contributed by atoms with Gasteiger partial charge in [-0.15, -0.1) is 5.10 Å². The van der Waals surface area contributed by atoms with Gasteiger partial charge < -0.3 is 4.74 Å². The van der Waals surface area contributed by atoms with Gasteiger partial charge in [-0.25, -0.2) is 9.89 Å². The summed E-state index contributed by atoms with van der Waals surface area (Å²) in [6, 6.07) is 14.8. The molecule has 7 nitrogen and oxygen atoms in total. The summed E-state index contributed by atoms with van der Waals surface area (Å²) in [5.74, 6) is 0.463. The number of tetrazole rings is 1. The smallest absolute Gasteiger partial charge is 0.415 e. The monoisotopic (exact) mass is 399 g/mol. The first-order chi connectivity index (χ1) is 13.2. The van der Waals surface area contributed by atoms with Crippen LogP contribution in [0.25, 0.3) is 11.1 Å². The quantitative estimate of drug-likeness (QED) is 0.665. The average Bonchev–Trinajstić information content (AvgIpc) is 3.15. The van der Waals surface area contributed by atoms with Crippen LogP contribution in [0.3, 0.4) is 0 Å². The summed E-state index contributed by atoms with van der Waals surface area (Å²) < 4.78 is 5.59. The van der Waals surface area contributed by atoms with Crippen molar-refractivity contribution in [2.45, 2.75) is 39.3 Å². The predicted octanol–water partition coefficient (Wildman–Crippen LogP) is 5.02. The molecular weight excluding hydrogens is 378 g/mol. The number of H-pyrrole nitrogens is 1. The van der Waals surface area contributed by atoms with Gasteiger partial charge in [-0.2, -0.15) is 0 Å². The van der Waals surface area contributed by atoms with Crippen molar-refractivity contribution in [1.29, 1.82) is 0 Å². The van der Waals surface area contributed by atoms with Gasteiger partial charge in [0.2, 0.25) is 0 Å². The fraction of sp³-hybridized carbons (Fsp3) is 0.300. The number of aromatic nitrogens is 4. The lowest BCUT2D eigenvalue weighted by atomic mass is 10.0. The number of hydrogen-bond acceptors (Lipinski definition) is 5. The van der Waals surface area contributed by atoms with Crippen LogP contribution in [0.5, 0.6) is 0 Å². The Morgan fingerprint density at radius 2 is 1.86 bits per heavy atom. The van der Waals surface area contributed by atoms with E-state index in [-0.39, 0.29) is 0 Å². The van der Waals surface area contributed by atoms with Crippen molar-refractivity contribution in [2.75, 3.05) is 4.90 Å². The fourth-order valence-electron chi connectivity index (χ4n) is 2.75. The maximum Gasteiger partial charge on any atom is 0.415 e. The van der Waals surface area contributed by atoms with Gasteiger partial charge in [0.05, 0.1) is 6.04 Å². The van der Waals surface area contributed by atoms with Gasteiger partial charge in [0.1, 0.15) is 5.60 Å². The van der Waals surface area contributed by atoms with Crippen LogP contribution in [0, 0.1) is 0 Å². The second-order valence-corrected chi connectivity index (χ2v) is 7.81. The average molecular weight is 400 g/mol. The third kappa shape index (κ3) is 4.67. The summed E-state index contributed by atoms with van der Waals surface area (Å²) in [4.78, 5) is 14.4. The Morgan fingerprint density at radius 1 is 1.14 bits per heavy atom. The second-order valence-electron chi connectivity index (χ2n) is 7.37. The van der Waals surface area contributed by atoms with Gasteiger partial charge in [0.15, 0.2) is 5.82 Å². The third-order valence-electron chi connectivity index (χ3n) is 4.04. The molecule has 0 aliphatic rings. The summed E-state index contributed by atoms with van der Waals surface area (Å²) in [5.41, 5.74) is 2.03. The lowest BCUT2D eigenvalue weighted by Crippen LogP contribution is -2.39. The number of anilines is 1. The molecule has 0 aliphatic carbocycles. The van der Waals surface area contributed by atoms with Crippen molar-refractivity contribution in [3.05, 3.63) is 59.4 Å². The van der Waals surface area contributed by atoms with E-state index in [0.29, 0.717) is 16.5 Å². The van der Waals surface area contributed by atoms with E-state index < -0.39 is 17.7 Å². The lowest BCUT2D eigenvalue weighted by molar-refractivity contribution is 0.0566. The first kappa shape index (κ1) is 19.8. The molecule has 0 saturated carbocycles. The summed E-state index contributed by atoms with van der Waals surface area (Å²) >= 11 is 6.09. The Morgan fingerprint density at radius 3 is 2.43 bits per heavy atom. The van der Waals surface area contributed by atoms with Crippen LogP contribution < -0.4 is 4.90 Å². The van der Waals surface area contributed by atoms with Crippen LogP contribution in [0.4, 0.5) is 10.5 Å². The molecule has 0 radical (unpaired) electrons. The minimum absolute atomic E-state index is 0.443. The molecular formula is C20H22ClN5O2. The van der Waals surface area contributed by atoms with Crippen LogP contribution in [0.1, 0.15) is 39.6 Å². The van der Waals surface area contributed by atoms with Gasteiger partial charge in [0, 0.05) is 10.7 Å². The van der Waals surface area contributed by atoms with Crippen LogP contribution in [-0.2, 0) is 4.74 Å². The SMILES string of the molecule is CC(c1nnn[nH]1)N(C(=O)OC(C)(C)C)c1ccc(-c2cccc(Cl)c2)cc1. The van der Waals surface area contributed by atoms with E-state index in [1.807, 2.05) is 76.2 Å². The molecule has 0 saturated heterocycles. The van der Waals surface area contributed by atoms with Crippen LogP contribution in [0.15, 0.2) is 48.5 Å². The van der Waals surface area contributed by atoms with Gasteiger partial charge in [-0.3, -0.25) is 4.90 Å². The largest absolute Gasteiger partial charge is 0.443 e. The van der Waals surface area contributed by atoms with Crippen molar-refractivity contribution in [1.82, 2.24) is 20.6 Å². The number of benzene rings is 2. The van der Waals surface area contributed by atoms with E-state index in [1.165, 1.54) is 4.90 Å². The zero-order valence-corrected chi connectivity index (χ0v) is 16.9. The van der Waals surface area contributed by atoms with E-state index in [9.17, 15) is 4.79 Å². The van der Waals surface area contributed by atoms with E-state index >= 15 is 0 Å². The summed E-state index contributed by atoms with van der Waals surface area (Å²) in [6.07, 6.45) is -0.480. The third-order valence-corrected chi connectivity index (χ3v) is 4.27. The molecule has 146 valence electrons. The molecule has 0 spiro atoms. The van der Waals surface area contributed by atoms with E-state index in [2.05, 4.69) is 20.6 Å². The summed E-state index contributed by atoms with van der Waals surface area (Å²) in [5, 5.41) is 14.5. The highest BCUT2D eigenvalue weighted by Crippen LogP contribution is 2.30. The Hall–Kier alpha value is -2.93. The molecule has 1 amide bonds. The number of halogens is 1. The maximum absolute atomic E-state index is 12.9. The number of carbonyl (C=O) groups excluding carboxylic acids is 1. The molecule has 8 heteroatoms. The van der Waals surface area contributed by atoms with Crippen molar-refractivity contribution < 1.29 is 9.53 Å². The minimum Gasteiger partial charge on any atom is -0.443 e. The lowest BCUT2D eigenvalue weighted by Gasteiger charge is -2.30. The Labute approximate surface area is 168 Å². The molecule has 1 unspecified atom stereocenters. The first-order valence-corrected chi connectivity index (χ1v) is 9.24. The van der Waals surface area contributed by atoms with Crippen LogP contribution >= 0.6 is 11.6 Å². The number of carbonyl (C=O) groups is 1. The molecule has 0 fully saturated rings. The van der Waals surface area contributed by atoms with Crippen molar-refractivity contribution in [3.8, 4) is 11.1 Å². The van der Waals surface area contributed by atoms with Gasteiger partial charge in [0.25, 0.3) is 0 Å². The number of nitrogens with one attached hydrogen (secondary N) is 1. The number of ether oxygens (including phenoxy) is 1. The van der Waals surface area contributed by atoms with Gasteiger partial charge >= 0.3 is 6.09 Å². The molecule has 1 heterocycles. The highest BCUT2D eigenvalue weighted by atomic mass is 35.5. The zero-order chi connectivity index (χ0) is 20.3. The molecule has 3 aromatic rings. The molecule has 2 aromatic carbocycles. The number of aromatic amines is 1. The normalized spacial score (nSPS) is 12.5. The number of rotatable bonds is 4. The van der Waals surface area contributed by atoms with Gasteiger partial charge in [-0.05, 0) is 73.5 Å². The summed E-state index contributed by atoms with van der Waals surface area (Å²) in [6.45, 7) is 7.31.